The monoisotopic (exact) mass is 249 g/mol. The predicted octanol–water partition coefficient (Wildman–Crippen LogP) is -0.387. The van der Waals surface area contributed by atoms with Crippen LogP contribution in [0.2, 0.25) is 5.32 Å². The maximum atomic E-state index is 11.4. The number of fused-ring (bicyclic) bond motifs is 1. The second-order valence-corrected chi connectivity index (χ2v) is 5.60. The normalized spacial score (nSPS) is 31.2. The van der Waals surface area contributed by atoms with Gasteiger partial charge in [0.1, 0.15) is 0 Å². The fourth-order valence-electron chi connectivity index (χ4n) is 1.62. The minimum atomic E-state index is -0.258. The van der Waals surface area contributed by atoms with E-state index < -0.39 is 0 Å². The number of carbonyl (C=O) groups is 2. The van der Waals surface area contributed by atoms with Gasteiger partial charge in [0.25, 0.3) is 0 Å². The van der Waals surface area contributed by atoms with E-state index in [1.807, 2.05) is 0 Å². The first-order chi connectivity index (χ1) is 6.24. The van der Waals surface area contributed by atoms with Crippen LogP contribution in [0.15, 0.2) is 0 Å². The molecule has 13 heavy (non-hydrogen) atoms. The van der Waals surface area contributed by atoms with E-state index in [2.05, 4.69) is 0 Å². The molecular weight excluding hydrogens is 237 g/mol. The number of esters is 1. The number of hydrogen-bond donors (Lipinski definition) is 0. The first-order valence-corrected chi connectivity index (χ1v) is 6.53. The van der Waals surface area contributed by atoms with Crippen molar-refractivity contribution in [1.82, 2.24) is 4.90 Å². The summed E-state index contributed by atoms with van der Waals surface area (Å²) in [4.78, 5) is 24.6. The zero-order valence-electron chi connectivity index (χ0n) is 7.36. The summed E-state index contributed by atoms with van der Waals surface area (Å²) in [5.74, 6) is -0.109. The molecule has 0 spiro atoms. The summed E-state index contributed by atoms with van der Waals surface area (Å²) in [6.45, 7) is 2.18. The number of hydrogen-bond acceptors (Lipinski definition) is 3. The minimum absolute atomic E-state index is 0.113. The molecule has 2 rings (SSSR count). The third-order valence-electron chi connectivity index (χ3n) is 2.29. The average molecular weight is 248 g/mol. The molecule has 0 aromatic carbocycles. The summed E-state index contributed by atoms with van der Waals surface area (Å²) in [5.41, 5.74) is 0. The summed E-state index contributed by atoms with van der Waals surface area (Å²) >= 11 is 0.422. The molecule has 2 heterocycles. The van der Waals surface area contributed by atoms with E-state index in [9.17, 15) is 9.59 Å². The van der Waals surface area contributed by atoms with E-state index in [-0.39, 0.29) is 17.9 Å². The SMILES string of the molecule is CCOC(=O)C1C[Se]C2CC(=O)N21. The van der Waals surface area contributed by atoms with Gasteiger partial charge in [-0.1, -0.05) is 0 Å². The van der Waals surface area contributed by atoms with Gasteiger partial charge in [0, 0.05) is 0 Å². The average Bonchev–Trinajstić information content (AvgIpc) is 2.42. The molecule has 1 amide bonds. The number of nitrogens with zero attached hydrogens (tertiary/aromatic N) is 1. The molecule has 5 heteroatoms. The first-order valence-electron chi connectivity index (χ1n) is 4.33. The zero-order valence-corrected chi connectivity index (χ0v) is 9.07. The molecule has 0 aromatic rings. The van der Waals surface area contributed by atoms with Gasteiger partial charge in [-0.3, -0.25) is 0 Å². The van der Waals surface area contributed by atoms with Gasteiger partial charge in [0.05, 0.1) is 0 Å². The van der Waals surface area contributed by atoms with Crippen LogP contribution in [0.4, 0.5) is 0 Å². The van der Waals surface area contributed by atoms with Gasteiger partial charge >= 0.3 is 82.3 Å². The van der Waals surface area contributed by atoms with Gasteiger partial charge in [-0.2, -0.15) is 0 Å². The summed E-state index contributed by atoms with van der Waals surface area (Å²) < 4.78 is 4.90. The molecule has 4 nitrogen and oxygen atoms in total. The molecule has 2 unspecified atom stereocenters. The Hall–Kier alpha value is -0.541. The number of amides is 1. The third kappa shape index (κ3) is 1.36. The number of carbonyl (C=O) groups excluding carboxylic acids is 2. The molecule has 0 radical (unpaired) electrons. The molecule has 0 aromatic heterocycles. The van der Waals surface area contributed by atoms with Gasteiger partial charge in [0.2, 0.25) is 0 Å². The van der Waals surface area contributed by atoms with Crippen molar-refractivity contribution in [2.45, 2.75) is 29.6 Å². The van der Waals surface area contributed by atoms with E-state index in [1.54, 1.807) is 11.8 Å². The van der Waals surface area contributed by atoms with Crippen LogP contribution in [0.25, 0.3) is 0 Å². The molecule has 0 N–H and O–H groups in total. The topological polar surface area (TPSA) is 46.6 Å². The zero-order chi connectivity index (χ0) is 9.42. The number of β-lactam (4-membered cyclic amide) rings is 1. The fourth-order valence-corrected chi connectivity index (χ4v) is 4.53. The summed E-state index contributed by atoms with van der Waals surface area (Å²) in [5, 5.41) is 0.836. The molecule has 2 fully saturated rings. The van der Waals surface area contributed by atoms with Crippen LogP contribution in [0, 0.1) is 0 Å². The number of rotatable bonds is 2. The van der Waals surface area contributed by atoms with Crippen molar-refractivity contribution >= 4 is 26.8 Å². The molecule has 2 atom stereocenters. The Balaban J connectivity index is 2.00. The molecule has 2 saturated heterocycles. The van der Waals surface area contributed by atoms with Crippen LogP contribution < -0.4 is 0 Å². The van der Waals surface area contributed by atoms with Crippen molar-refractivity contribution < 1.29 is 14.3 Å². The molecule has 0 saturated carbocycles. The maximum absolute atomic E-state index is 11.4. The van der Waals surface area contributed by atoms with Crippen molar-refractivity contribution in [2.75, 3.05) is 6.61 Å². The molecule has 0 bridgehead atoms. The molecule has 72 valence electrons. The second kappa shape index (κ2) is 3.31. The van der Waals surface area contributed by atoms with Gasteiger partial charge in [0.15, 0.2) is 0 Å². The quantitative estimate of drug-likeness (QED) is 0.380. The van der Waals surface area contributed by atoms with Gasteiger partial charge in [-0.25, -0.2) is 0 Å². The van der Waals surface area contributed by atoms with Crippen molar-refractivity contribution in [2.24, 2.45) is 0 Å². The Kier molecular flexibility index (Phi) is 2.30. The van der Waals surface area contributed by atoms with Gasteiger partial charge in [-0.05, 0) is 0 Å². The fraction of sp³-hybridized carbons (Fsp3) is 0.750. The second-order valence-electron chi connectivity index (χ2n) is 3.06. The van der Waals surface area contributed by atoms with E-state index in [0.29, 0.717) is 32.9 Å². The van der Waals surface area contributed by atoms with Crippen LogP contribution in [0.3, 0.4) is 0 Å². The number of ether oxygens (including phenoxy) is 1. The summed E-state index contributed by atoms with van der Waals surface area (Å²) in [6, 6.07) is -0.258. The Labute approximate surface area is 82.8 Å². The van der Waals surface area contributed by atoms with Crippen LogP contribution in [0.5, 0.6) is 0 Å². The van der Waals surface area contributed by atoms with Crippen molar-refractivity contribution in [3.8, 4) is 0 Å². The molecule has 2 aliphatic rings. The summed E-state index contributed by atoms with van der Waals surface area (Å²) in [6.07, 6.45) is 0.649. The Bertz CT molecular complexity index is 256. The molecule has 0 aliphatic carbocycles. The van der Waals surface area contributed by atoms with Crippen LogP contribution in [-0.4, -0.2) is 49.3 Å². The Morgan fingerprint density at radius 3 is 3.15 bits per heavy atom. The standard InChI is InChI=1S/C8H11NO3Se/c1-2-12-8(11)5-4-13-7-3-6(10)9(5)7/h5,7H,2-4H2,1H3. The van der Waals surface area contributed by atoms with E-state index >= 15 is 0 Å². The van der Waals surface area contributed by atoms with Crippen molar-refractivity contribution in [3.63, 3.8) is 0 Å². The summed E-state index contributed by atoms with van der Waals surface area (Å²) in [7, 11) is 0. The first kappa shape index (κ1) is 9.03. The van der Waals surface area contributed by atoms with Crippen LogP contribution in [0.1, 0.15) is 13.3 Å². The van der Waals surface area contributed by atoms with Crippen LogP contribution >= 0.6 is 0 Å². The third-order valence-corrected chi connectivity index (χ3v) is 4.99. The van der Waals surface area contributed by atoms with E-state index in [1.165, 1.54) is 0 Å². The molecular formula is C8H11NO3Se. The van der Waals surface area contributed by atoms with Gasteiger partial charge < -0.3 is 0 Å². The Morgan fingerprint density at radius 1 is 1.77 bits per heavy atom. The van der Waals surface area contributed by atoms with Crippen molar-refractivity contribution in [3.05, 3.63) is 0 Å². The van der Waals surface area contributed by atoms with Gasteiger partial charge in [-0.15, -0.1) is 0 Å². The predicted molar refractivity (Wildman–Crippen MR) is 46.2 cm³/mol. The van der Waals surface area contributed by atoms with E-state index in [4.69, 9.17) is 4.74 Å². The van der Waals surface area contributed by atoms with E-state index in [0.717, 1.165) is 5.32 Å². The Morgan fingerprint density at radius 2 is 2.54 bits per heavy atom. The van der Waals surface area contributed by atoms with Crippen molar-refractivity contribution in [1.29, 1.82) is 0 Å². The molecule has 2 aliphatic heterocycles. The van der Waals surface area contributed by atoms with Crippen LogP contribution in [-0.2, 0) is 14.3 Å².